The summed E-state index contributed by atoms with van der Waals surface area (Å²) in [5.74, 6) is 2.50. The first-order valence-electron chi connectivity index (χ1n) is 5.78. The van der Waals surface area contributed by atoms with Gasteiger partial charge in [-0.05, 0) is 51.4 Å². The van der Waals surface area contributed by atoms with Crippen molar-refractivity contribution in [2.24, 2.45) is 23.5 Å². The van der Waals surface area contributed by atoms with Gasteiger partial charge in [0.05, 0.1) is 0 Å². The topological polar surface area (TPSA) is 32.5 Å². The Labute approximate surface area is 87.2 Å². The van der Waals surface area contributed by atoms with Gasteiger partial charge in [0.25, 0.3) is 0 Å². The van der Waals surface area contributed by atoms with Crippen LogP contribution in [0.2, 0.25) is 0 Å². The minimum absolute atomic E-state index is 0.743. The lowest BCUT2D eigenvalue weighted by molar-refractivity contribution is 0.0225. The van der Waals surface area contributed by atoms with E-state index in [1.165, 1.54) is 32.6 Å². The number of nitrogens with two attached hydrogens (primary N) is 1. The van der Waals surface area contributed by atoms with E-state index in [-0.39, 0.29) is 0 Å². The zero-order valence-corrected chi connectivity index (χ0v) is 9.45. The van der Waals surface area contributed by atoms with Crippen LogP contribution < -0.4 is 5.73 Å². The van der Waals surface area contributed by atoms with E-state index in [4.69, 9.17) is 5.73 Å². The van der Waals surface area contributed by atoms with Gasteiger partial charge in [0.15, 0.2) is 0 Å². The smallest absolute Gasteiger partial charge is 0.00217 e. The Balaban J connectivity index is 2.03. The maximum absolute atomic E-state index is 5.87. The van der Waals surface area contributed by atoms with Crippen LogP contribution in [0, 0.1) is 17.8 Å². The third kappa shape index (κ3) is 1.95. The SMILES string of the molecule is CN1CCC2C(CN)CN(C)CC2C1. The Morgan fingerprint density at radius 2 is 1.86 bits per heavy atom. The molecule has 0 radical (unpaired) electrons. The van der Waals surface area contributed by atoms with E-state index in [0.29, 0.717) is 0 Å². The molecule has 2 fully saturated rings. The molecule has 2 aliphatic rings. The monoisotopic (exact) mass is 197 g/mol. The van der Waals surface area contributed by atoms with Gasteiger partial charge in [-0.25, -0.2) is 0 Å². The van der Waals surface area contributed by atoms with Crippen LogP contribution in [0.3, 0.4) is 0 Å². The molecule has 14 heavy (non-hydrogen) atoms. The Hall–Kier alpha value is -0.120. The van der Waals surface area contributed by atoms with Gasteiger partial charge in [-0.3, -0.25) is 0 Å². The first-order valence-corrected chi connectivity index (χ1v) is 5.78. The normalized spacial score (nSPS) is 40.9. The van der Waals surface area contributed by atoms with Crippen molar-refractivity contribution in [3.63, 3.8) is 0 Å². The second-order valence-corrected chi connectivity index (χ2v) is 5.19. The summed E-state index contributed by atoms with van der Waals surface area (Å²) >= 11 is 0. The molecule has 0 amide bonds. The van der Waals surface area contributed by atoms with Crippen molar-refractivity contribution in [2.75, 3.05) is 46.8 Å². The van der Waals surface area contributed by atoms with Gasteiger partial charge in [0.1, 0.15) is 0 Å². The highest BCUT2D eigenvalue weighted by molar-refractivity contribution is 4.90. The second-order valence-electron chi connectivity index (χ2n) is 5.19. The Morgan fingerprint density at radius 3 is 2.57 bits per heavy atom. The van der Waals surface area contributed by atoms with Gasteiger partial charge in [0, 0.05) is 19.6 Å². The van der Waals surface area contributed by atoms with E-state index in [9.17, 15) is 0 Å². The molecule has 2 saturated heterocycles. The fourth-order valence-corrected chi connectivity index (χ4v) is 3.31. The van der Waals surface area contributed by atoms with E-state index in [2.05, 4.69) is 23.9 Å². The maximum atomic E-state index is 5.87. The van der Waals surface area contributed by atoms with Crippen LogP contribution in [0.4, 0.5) is 0 Å². The van der Waals surface area contributed by atoms with Crippen molar-refractivity contribution in [3.8, 4) is 0 Å². The Morgan fingerprint density at radius 1 is 1.14 bits per heavy atom. The largest absolute Gasteiger partial charge is 0.330 e. The lowest BCUT2D eigenvalue weighted by atomic mass is 9.73. The highest BCUT2D eigenvalue weighted by Crippen LogP contribution is 2.33. The predicted molar refractivity (Wildman–Crippen MR) is 59.1 cm³/mol. The summed E-state index contributed by atoms with van der Waals surface area (Å²) in [4.78, 5) is 4.92. The molecule has 3 unspecified atom stereocenters. The molecule has 2 rings (SSSR count). The van der Waals surface area contributed by atoms with E-state index >= 15 is 0 Å². The first-order chi connectivity index (χ1) is 6.70. The number of piperidine rings is 2. The summed E-state index contributed by atoms with van der Waals surface area (Å²) in [5, 5.41) is 0. The fraction of sp³-hybridized carbons (Fsp3) is 1.00. The molecule has 0 aromatic carbocycles. The summed E-state index contributed by atoms with van der Waals surface area (Å²) in [7, 11) is 4.47. The van der Waals surface area contributed by atoms with Crippen LogP contribution in [0.25, 0.3) is 0 Å². The average Bonchev–Trinajstić information content (AvgIpc) is 2.15. The fourth-order valence-electron chi connectivity index (χ4n) is 3.31. The third-order valence-electron chi connectivity index (χ3n) is 4.00. The minimum atomic E-state index is 0.743. The number of nitrogens with zero attached hydrogens (tertiary/aromatic N) is 2. The molecule has 0 aliphatic carbocycles. The van der Waals surface area contributed by atoms with Crippen LogP contribution in [0.5, 0.6) is 0 Å². The Bertz CT molecular complexity index is 193. The van der Waals surface area contributed by atoms with Crippen LogP contribution in [-0.2, 0) is 0 Å². The molecule has 0 aromatic heterocycles. The summed E-state index contributed by atoms with van der Waals surface area (Å²) in [6, 6.07) is 0. The zero-order chi connectivity index (χ0) is 10.1. The molecule has 2 heterocycles. The minimum Gasteiger partial charge on any atom is -0.330 e. The van der Waals surface area contributed by atoms with Crippen molar-refractivity contribution in [2.45, 2.75) is 6.42 Å². The molecule has 3 atom stereocenters. The van der Waals surface area contributed by atoms with Crippen molar-refractivity contribution < 1.29 is 0 Å². The molecule has 82 valence electrons. The first kappa shape index (κ1) is 10.4. The Kier molecular flexibility index (Phi) is 3.10. The van der Waals surface area contributed by atoms with Gasteiger partial charge >= 0.3 is 0 Å². The number of hydrogen-bond donors (Lipinski definition) is 1. The molecule has 0 aromatic rings. The lowest BCUT2D eigenvalue weighted by Gasteiger charge is -2.47. The van der Waals surface area contributed by atoms with Crippen LogP contribution in [0.15, 0.2) is 0 Å². The summed E-state index contributed by atoms with van der Waals surface area (Å²) < 4.78 is 0. The highest BCUT2D eigenvalue weighted by Gasteiger charge is 2.37. The van der Waals surface area contributed by atoms with E-state index < -0.39 is 0 Å². The van der Waals surface area contributed by atoms with Crippen molar-refractivity contribution in [1.82, 2.24) is 9.80 Å². The lowest BCUT2D eigenvalue weighted by Crippen LogP contribution is -2.53. The number of hydrogen-bond acceptors (Lipinski definition) is 3. The van der Waals surface area contributed by atoms with Crippen molar-refractivity contribution >= 4 is 0 Å². The second kappa shape index (κ2) is 4.17. The van der Waals surface area contributed by atoms with Gasteiger partial charge in [0.2, 0.25) is 0 Å². The summed E-state index contributed by atoms with van der Waals surface area (Å²) in [6.45, 7) is 5.88. The molecule has 0 saturated carbocycles. The molecule has 0 spiro atoms. The zero-order valence-electron chi connectivity index (χ0n) is 9.45. The molecule has 2 N–H and O–H groups in total. The van der Waals surface area contributed by atoms with E-state index in [1.54, 1.807) is 0 Å². The number of rotatable bonds is 1. The van der Waals surface area contributed by atoms with E-state index in [1.807, 2.05) is 0 Å². The highest BCUT2D eigenvalue weighted by atomic mass is 15.2. The molecular weight excluding hydrogens is 174 g/mol. The predicted octanol–water partition coefficient (Wildman–Crippen LogP) is 0.0746. The van der Waals surface area contributed by atoms with Crippen LogP contribution >= 0.6 is 0 Å². The maximum Gasteiger partial charge on any atom is 0.00217 e. The van der Waals surface area contributed by atoms with Gasteiger partial charge in [-0.2, -0.15) is 0 Å². The van der Waals surface area contributed by atoms with E-state index in [0.717, 1.165) is 24.3 Å². The van der Waals surface area contributed by atoms with Gasteiger partial charge < -0.3 is 15.5 Å². The van der Waals surface area contributed by atoms with Crippen LogP contribution in [0.1, 0.15) is 6.42 Å². The van der Waals surface area contributed by atoms with Gasteiger partial charge in [-0.15, -0.1) is 0 Å². The van der Waals surface area contributed by atoms with Gasteiger partial charge in [-0.1, -0.05) is 0 Å². The van der Waals surface area contributed by atoms with Crippen molar-refractivity contribution in [1.29, 1.82) is 0 Å². The number of fused-ring (bicyclic) bond motifs is 1. The van der Waals surface area contributed by atoms with Crippen LogP contribution in [-0.4, -0.2) is 56.6 Å². The molecule has 0 bridgehead atoms. The quantitative estimate of drug-likeness (QED) is 0.646. The van der Waals surface area contributed by atoms with Crippen molar-refractivity contribution in [3.05, 3.63) is 0 Å². The molecule has 3 heteroatoms. The average molecular weight is 197 g/mol. The molecular formula is C11H23N3. The molecule has 2 aliphatic heterocycles. The third-order valence-corrected chi connectivity index (χ3v) is 4.00. The summed E-state index contributed by atoms with van der Waals surface area (Å²) in [6.07, 6.45) is 1.36. The standard InChI is InChI=1S/C11H23N3/c1-13-4-3-11-9(5-12)6-14(2)8-10(11)7-13/h9-11H,3-8,12H2,1-2H3. The number of likely N-dealkylation sites (tertiary alicyclic amines) is 2. The molecule has 3 nitrogen and oxygen atoms in total. The summed E-state index contributed by atoms with van der Waals surface area (Å²) in [5.41, 5.74) is 5.87.